The average molecular weight is 377 g/mol. The molecule has 0 amide bonds. The number of benzene rings is 2. The Bertz CT molecular complexity index is 1020. The lowest BCUT2D eigenvalue weighted by atomic mass is 9.86. The summed E-state index contributed by atoms with van der Waals surface area (Å²) in [5, 5.41) is 1.97. The summed E-state index contributed by atoms with van der Waals surface area (Å²) >= 11 is 0. The highest BCUT2D eigenvalue weighted by Crippen LogP contribution is 2.28. The van der Waals surface area contributed by atoms with Crippen LogP contribution >= 0.6 is 0 Å². The average Bonchev–Trinajstić information content (AvgIpc) is 2.75. The topological polar surface area (TPSA) is 44.0 Å². The van der Waals surface area contributed by atoms with Crippen LogP contribution in [0, 0.1) is 5.92 Å². The minimum absolute atomic E-state index is 0.356. The minimum Gasteiger partial charge on any atom is -0.497 e. The first-order valence-corrected chi connectivity index (χ1v) is 9.98. The number of fused-ring (bicyclic) bond motifs is 1. The fourth-order valence-corrected chi connectivity index (χ4v) is 3.95. The van der Waals surface area contributed by atoms with Crippen LogP contribution in [0.4, 0.5) is 0 Å². The molecule has 4 heteroatoms. The van der Waals surface area contributed by atoms with Gasteiger partial charge in [-0.3, -0.25) is 4.99 Å². The Hall–Kier alpha value is -2.75. The van der Waals surface area contributed by atoms with Gasteiger partial charge in [0, 0.05) is 17.0 Å². The van der Waals surface area contributed by atoms with Crippen LogP contribution in [0.1, 0.15) is 32.6 Å². The molecule has 0 spiro atoms. The van der Waals surface area contributed by atoms with Crippen molar-refractivity contribution in [1.29, 1.82) is 0 Å². The highest BCUT2D eigenvalue weighted by molar-refractivity contribution is 5.80. The zero-order chi connectivity index (χ0) is 19.5. The fraction of sp³-hybridized carbons (Fsp3) is 0.375. The number of methoxy groups -OCH3 is 2. The van der Waals surface area contributed by atoms with Crippen LogP contribution in [0.3, 0.4) is 0 Å². The lowest BCUT2D eigenvalue weighted by molar-refractivity contribution is 0.328. The van der Waals surface area contributed by atoms with Crippen molar-refractivity contribution in [3.63, 3.8) is 0 Å². The molecule has 0 saturated heterocycles. The molecule has 0 N–H and O–H groups in total. The summed E-state index contributed by atoms with van der Waals surface area (Å²) < 4.78 is 16.9. The summed E-state index contributed by atoms with van der Waals surface area (Å²) in [5.41, 5.74) is 1.82. The van der Waals surface area contributed by atoms with Crippen LogP contribution in [0.2, 0.25) is 0 Å². The minimum atomic E-state index is 0.356. The van der Waals surface area contributed by atoms with Crippen LogP contribution in [-0.2, 0) is 0 Å². The standard InChI is InChI=1S/C24H27NO3/c1-16-6-4-5-7-21(16)25-22-15-24(17-8-10-18(26-2)11-9-17)28-23-13-12-19(27-3)14-20(22)23/h8-16,21H,4-7H2,1-3H3/t16-,21-/m0/s1. The monoisotopic (exact) mass is 377 g/mol. The van der Waals surface area contributed by atoms with Crippen LogP contribution in [0.25, 0.3) is 22.3 Å². The Labute approximate surface area is 165 Å². The Morgan fingerprint density at radius 3 is 2.32 bits per heavy atom. The molecule has 1 fully saturated rings. The fourth-order valence-electron chi connectivity index (χ4n) is 3.95. The molecule has 1 saturated carbocycles. The largest absolute Gasteiger partial charge is 0.497 e. The molecule has 0 unspecified atom stereocenters. The van der Waals surface area contributed by atoms with Gasteiger partial charge in [-0.05, 0) is 61.2 Å². The highest BCUT2D eigenvalue weighted by Gasteiger charge is 2.20. The van der Waals surface area contributed by atoms with Crippen molar-refractivity contribution in [1.82, 2.24) is 0 Å². The zero-order valence-electron chi connectivity index (χ0n) is 16.8. The maximum atomic E-state index is 6.22. The molecule has 4 rings (SSSR count). The smallest absolute Gasteiger partial charge is 0.137 e. The molecule has 1 aliphatic carbocycles. The second-order valence-corrected chi connectivity index (χ2v) is 7.54. The molecule has 2 atom stereocenters. The van der Waals surface area contributed by atoms with E-state index in [1.165, 1.54) is 19.3 Å². The van der Waals surface area contributed by atoms with Gasteiger partial charge in [-0.2, -0.15) is 0 Å². The van der Waals surface area contributed by atoms with Gasteiger partial charge in [0.2, 0.25) is 0 Å². The van der Waals surface area contributed by atoms with Crippen molar-refractivity contribution in [3.05, 3.63) is 53.9 Å². The lowest BCUT2D eigenvalue weighted by Gasteiger charge is -2.25. The first-order chi connectivity index (χ1) is 13.7. The van der Waals surface area contributed by atoms with E-state index in [9.17, 15) is 0 Å². The van der Waals surface area contributed by atoms with Gasteiger partial charge >= 0.3 is 0 Å². The van der Waals surface area contributed by atoms with Crippen LogP contribution in [0.5, 0.6) is 11.5 Å². The Kier molecular flexibility index (Phi) is 5.38. The van der Waals surface area contributed by atoms with Gasteiger partial charge in [-0.25, -0.2) is 0 Å². The van der Waals surface area contributed by atoms with E-state index in [1.807, 2.05) is 42.5 Å². The van der Waals surface area contributed by atoms with E-state index in [2.05, 4.69) is 13.0 Å². The van der Waals surface area contributed by atoms with E-state index in [4.69, 9.17) is 18.9 Å². The van der Waals surface area contributed by atoms with Crippen LogP contribution < -0.4 is 14.8 Å². The first-order valence-electron chi connectivity index (χ1n) is 9.98. The van der Waals surface area contributed by atoms with Crippen molar-refractivity contribution in [2.24, 2.45) is 10.9 Å². The first kappa shape index (κ1) is 18.6. The maximum absolute atomic E-state index is 6.22. The van der Waals surface area contributed by atoms with Crippen LogP contribution in [0.15, 0.2) is 57.9 Å². The van der Waals surface area contributed by atoms with E-state index in [1.54, 1.807) is 14.2 Å². The predicted octanol–water partition coefficient (Wildman–Crippen LogP) is 5.60. The van der Waals surface area contributed by atoms with E-state index in [0.717, 1.165) is 45.6 Å². The summed E-state index contributed by atoms with van der Waals surface area (Å²) in [6.07, 6.45) is 4.96. The third-order valence-corrected chi connectivity index (χ3v) is 5.70. The summed E-state index contributed by atoms with van der Waals surface area (Å²) in [4.78, 5) is 5.18. The van der Waals surface area contributed by atoms with Gasteiger partial charge in [0.1, 0.15) is 22.8 Å². The molecule has 4 nitrogen and oxygen atoms in total. The van der Waals surface area contributed by atoms with E-state index < -0.39 is 0 Å². The van der Waals surface area contributed by atoms with Gasteiger partial charge in [-0.1, -0.05) is 19.8 Å². The molecule has 28 heavy (non-hydrogen) atoms. The number of nitrogens with zero attached hydrogens (tertiary/aromatic N) is 1. The quantitative estimate of drug-likeness (QED) is 0.595. The molecule has 146 valence electrons. The lowest BCUT2D eigenvalue weighted by Crippen LogP contribution is -2.23. The Balaban J connectivity index is 1.88. The van der Waals surface area contributed by atoms with Crippen LogP contribution in [-0.4, -0.2) is 20.3 Å². The molecular formula is C24H27NO3. The van der Waals surface area contributed by atoms with Gasteiger partial charge < -0.3 is 13.9 Å². The number of ether oxygens (including phenoxy) is 2. The van der Waals surface area contributed by atoms with E-state index >= 15 is 0 Å². The van der Waals surface area contributed by atoms with Gasteiger partial charge in [-0.15, -0.1) is 0 Å². The number of rotatable bonds is 4. The number of hydrogen-bond donors (Lipinski definition) is 0. The summed E-state index contributed by atoms with van der Waals surface area (Å²) in [6.45, 7) is 2.31. The molecule has 2 aromatic carbocycles. The van der Waals surface area contributed by atoms with Crippen molar-refractivity contribution in [3.8, 4) is 22.8 Å². The summed E-state index contributed by atoms with van der Waals surface area (Å²) in [6, 6.07) is 16.2. The zero-order valence-corrected chi connectivity index (χ0v) is 16.8. The summed E-state index contributed by atoms with van der Waals surface area (Å²) in [5.74, 6) is 3.06. The van der Waals surface area contributed by atoms with Gasteiger partial charge in [0.05, 0.1) is 25.6 Å². The molecule has 3 aromatic rings. The normalized spacial score (nSPS) is 20.3. The van der Waals surface area contributed by atoms with E-state index in [0.29, 0.717) is 12.0 Å². The second kappa shape index (κ2) is 8.09. The SMILES string of the molecule is COc1ccc(-c2cc(=N[C@H]3CCCC[C@@H]3C)c3cc(OC)ccc3o2)cc1. The molecule has 0 radical (unpaired) electrons. The van der Waals surface area contributed by atoms with Crippen molar-refractivity contribution < 1.29 is 13.9 Å². The van der Waals surface area contributed by atoms with Gasteiger partial charge in [0.25, 0.3) is 0 Å². The van der Waals surface area contributed by atoms with Gasteiger partial charge in [0.15, 0.2) is 0 Å². The molecule has 1 aromatic heterocycles. The third kappa shape index (κ3) is 3.77. The highest BCUT2D eigenvalue weighted by atomic mass is 16.5. The molecular weight excluding hydrogens is 350 g/mol. The predicted molar refractivity (Wildman–Crippen MR) is 112 cm³/mol. The van der Waals surface area contributed by atoms with Crippen molar-refractivity contribution in [2.45, 2.75) is 38.6 Å². The maximum Gasteiger partial charge on any atom is 0.137 e. The summed E-state index contributed by atoms with van der Waals surface area (Å²) in [7, 11) is 3.36. The Morgan fingerprint density at radius 2 is 1.61 bits per heavy atom. The molecule has 0 aliphatic heterocycles. The van der Waals surface area contributed by atoms with Crippen molar-refractivity contribution in [2.75, 3.05) is 14.2 Å². The Morgan fingerprint density at radius 1 is 0.893 bits per heavy atom. The molecule has 1 aliphatic rings. The molecule has 0 bridgehead atoms. The van der Waals surface area contributed by atoms with E-state index in [-0.39, 0.29) is 0 Å². The third-order valence-electron chi connectivity index (χ3n) is 5.70. The second-order valence-electron chi connectivity index (χ2n) is 7.54. The molecule has 1 heterocycles. The van der Waals surface area contributed by atoms with Crippen molar-refractivity contribution >= 4 is 11.0 Å². The number of hydrogen-bond acceptors (Lipinski definition) is 4.